The monoisotopic (exact) mass is 474 g/mol. The molecule has 0 aliphatic heterocycles. The SMILES string of the molecule is O=C(Nc1cccc(Cl)c1)c1ccc(Cl)c(NC(=O)c2cc([N+](=O)[O-])cc([N+](=O)[O-])c2)c1. The molecule has 10 nitrogen and oxygen atoms in total. The molecule has 0 heterocycles. The van der Waals surface area contributed by atoms with Crippen LogP contribution in [-0.2, 0) is 0 Å². The standard InChI is InChI=1S/C20H12Cl2N4O6/c21-13-2-1-3-14(9-13)23-19(27)11-4-5-17(22)18(8-11)24-20(28)12-6-15(25(29)30)10-16(7-12)26(31)32/h1-10H,(H,23,27)(H,24,28). The minimum Gasteiger partial charge on any atom is -0.322 e. The Labute approximate surface area is 190 Å². The van der Waals surface area contributed by atoms with E-state index < -0.39 is 33.0 Å². The van der Waals surface area contributed by atoms with E-state index in [9.17, 15) is 29.8 Å². The Morgan fingerprint density at radius 1 is 0.750 bits per heavy atom. The first-order valence-corrected chi connectivity index (χ1v) is 9.51. The second-order valence-electron chi connectivity index (χ2n) is 6.37. The van der Waals surface area contributed by atoms with Gasteiger partial charge in [0.25, 0.3) is 23.2 Å². The topological polar surface area (TPSA) is 144 Å². The number of nitro benzene ring substituents is 2. The van der Waals surface area contributed by atoms with Crippen molar-refractivity contribution in [2.24, 2.45) is 0 Å². The maximum atomic E-state index is 12.6. The Balaban J connectivity index is 1.86. The van der Waals surface area contributed by atoms with Crippen LogP contribution in [0.5, 0.6) is 0 Å². The van der Waals surface area contributed by atoms with Gasteiger partial charge < -0.3 is 10.6 Å². The summed E-state index contributed by atoms with van der Waals surface area (Å²) < 4.78 is 0. The number of non-ortho nitro benzene ring substituents is 2. The van der Waals surface area contributed by atoms with Gasteiger partial charge >= 0.3 is 0 Å². The van der Waals surface area contributed by atoms with E-state index in [4.69, 9.17) is 23.2 Å². The summed E-state index contributed by atoms with van der Waals surface area (Å²) in [6.07, 6.45) is 0. The molecule has 0 aromatic heterocycles. The average Bonchev–Trinajstić information content (AvgIpc) is 2.74. The third-order valence-corrected chi connectivity index (χ3v) is 4.71. The number of benzene rings is 3. The quantitative estimate of drug-likeness (QED) is 0.365. The molecule has 32 heavy (non-hydrogen) atoms. The first-order chi connectivity index (χ1) is 15.1. The van der Waals surface area contributed by atoms with Crippen molar-refractivity contribution in [2.45, 2.75) is 0 Å². The Morgan fingerprint density at radius 3 is 1.97 bits per heavy atom. The fourth-order valence-electron chi connectivity index (χ4n) is 2.66. The Bertz CT molecular complexity index is 1230. The van der Waals surface area contributed by atoms with Gasteiger partial charge in [-0.15, -0.1) is 0 Å². The molecule has 3 aromatic carbocycles. The molecule has 2 amide bonds. The van der Waals surface area contributed by atoms with Crippen molar-refractivity contribution in [2.75, 3.05) is 10.6 Å². The minimum atomic E-state index is -0.883. The third kappa shape index (κ3) is 5.36. The van der Waals surface area contributed by atoms with Gasteiger partial charge in [0.2, 0.25) is 0 Å². The van der Waals surface area contributed by atoms with Crippen LogP contribution in [0.15, 0.2) is 60.7 Å². The lowest BCUT2D eigenvalue weighted by Crippen LogP contribution is -2.15. The molecule has 0 saturated heterocycles. The number of hydrogen-bond acceptors (Lipinski definition) is 6. The first kappa shape index (κ1) is 22.7. The molecule has 0 fully saturated rings. The van der Waals surface area contributed by atoms with E-state index in [2.05, 4.69) is 10.6 Å². The van der Waals surface area contributed by atoms with Gasteiger partial charge in [-0.2, -0.15) is 0 Å². The van der Waals surface area contributed by atoms with Crippen LogP contribution < -0.4 is 10.6 Å². The van der Waals surface area contributed by atoms with E-state index in [1.807, 2.05) is 0 Å². The molecule has 0 saturated carbocycles. The van der Waals surface area contributed by atoms with E-state index >= 15 is 0 Å². The highest BCUT2D eigenvalue weighted by Crippen LogP contribution is 2.27. The summed E-state index contributed by atoms with van der Waals surface area (Å²) in [5.74, 6) is -1.39. The van der Waals surface area contributed by atoms with Crippen molar-refractivity contribution in [1.29, 1.82) is 0 Å². The summed E-state index contributed by atoms with van der Waals surface area (Å²) >= 11 is 12.0. The van der Waals surface area contributed by atoms with Gasteiger partial charge in [0, 0.05) is 28.4 Å². The zero-order chi connectivity index (χ0) is 23.4. The van der Waals surface area contributed by atoms with Crippen LogP contribution in [0.1, 0.15) is 20.7 Å². The molecule has 0 aliphatic carbocycles. The molecular formula is C20H12Cl2N4O6. The summed E-state index contributed by atoms with van der Waals surface area (Å²) in [7, 11) is 0. The van der Waals surface area contributed by atoms with Crippen molar-refractivity contribution in [3.05, 3.63) is 102 Å². The van der Waals surface area contributed by atoms with Gasteiger partial charge in [0.15, 0.2) is 0 Å². The van der Waals surface area contributed by atoms with Crippen LogP contribution in [-0.4, -0.2) is 21.7 Å². The van der Waals surface area contributed by atoms with Gasteiger partial charge in [0.05, 0.1) is 32.2 Å². The predicted molar refractivity (Wildman–Crippen MR) is 119 cm³/mol. The van der Waals surface area contributed by atoms with E-state index in [0.717, 1.165) is 18.2 Å². The van der Waals surface area contributed by atoms with Crippen molar-refractivity contribution in [1.82, 2.24) is 0 Å². The van der Waals surface area contributed by atoms with Crippen LogP contribution in [0, 0.1) is 20.2 Å². The summed E-state index contributed by atoms with van der Waals surface area (Å²) in [5.41, 5.74) is -0.933. The minimum absolute atomic E-state index is 0.0320. The first-order valence-electron chi connectivity index (χ1n) is 8.76. The molecule has 0 aliphatic rings. The number of hydrogen-bond donors (Lipinski definition) is 2. The Kier molecular flexibility index (Phi) is 6.67. The fourth-order valence-corrected chi connectivity index (χ4v) is 3.02. The van der Waals surface area contributed by atoms with Gasteiger partial charge in [-0.3, -0.25) is 29.8 Å². The summed E-state index contributed by atoms with van der Waals surface area (Å²) in [6, 6.07) is 13.1. The second-order valence-corrected chi connectivity index (χ2v) is 7.21. The number of nitrogens with one attached hydrogen (secondary N) is 2. The maximum Gasteiger partial charge on any atom is 0.277 e. The van der Waals surface area contributed by atoms with E-state index in [0.29, 0.717) is 10.7 Å². The number of rotatable bonds is 6. The average molecular weight is 475 g/mol. The second kappa shape index (κ2) is 9.41. The van der Waals surface area contributed by atoms with Crippen molar-refractivity contribution >= 4 is 57.8 Å². The number of carbonyl (C=O) groups excluding carboxylic acids is 2. The molecule has 2 N–H and O–H groups in total. The van der Waals surface area contributed by atoms with Crippen LogP contribution in [0.3, 0.4) is 0 Å². The summed E-state index contributed by atoms with van der Waals surface area (Å²) in [6.45, 7) is 0. The van der Waals surface area contributed by atoms with Crippen molar-refractivity contribution in [3.8, 4) is 0 Å². The molecule has 12 heteroatoms. The zero-order valence-electron chi connectivity index (χ0n) is 15.9. The Morgan fingerprint density at radius 2 is 1.38 bits per heavy atom. The lowest BCUT2D eigenvalue weighted by Gasteiger charge is -2.10. The lowest BCUT2D eigenvalue weighted by molar-refractivity contribution is -0.394. The molecule has 0 bridgehead atoms. The molecule has 0 unspecified atom stereocenters. The lowest BCUT2D eigenvalue weighted by atomic mass is 10.1. The highest BCUT2D eigenvalue weighted by Gasteiger charge is 2.21. The number of anilines is 2. The number of halogens is 2. The molecule has 162 valence electrons. The van der Waals surface area contributed by atoms with Crippen molar-refractivity contribution in [3.63, 3.8) is 0 Å². The molecular weight excluding hydrogens is 463 g/mol. The van der Waals surface area contributed by atoms with Gasteiger partial charge in [-0.25, -0.2) is 0 Å². The van der Waals surface area contributed by atoms with Gasteiger partial charge in [-0.05, 0) is 36.4 Å². The maximum absolute atomic E-state index is 12.6. The molecule has 3 aromatic rings. The van der Waals surface area contributed by atoms with Gasteiger partial charge in [0.1, 0.15) is 0 Å². The largest absolute Gasteiger partial charge is 0.322 e. The molecule has 0 spiro atoms. The zero-order valence-corrected chi connectivity index (χ0v) is 17.4. The third-order valence-electron chi connectivity index (χ3n) is 4.15. The van der Waals surface area contributed by atoms with Gasteiger partial charge in [-0.1, -0.05) is 29.3 Å². The number of carbonyl (C=O) groups is 2. The van der Waals surface area contributed by atoms with E-state index in [1.54, 1.807) is 24.3 Å². The van der Waals surface area contributed by atoms with Crippen LogP contribution in [0.25, 0.3) is 0 Å². The number of nitro groups is 2. The number of amides is 2. The fraction of sp³-hybridized carbons (Fsp3) is 0. The smallest absolute Gasteiger partial charge is 0.277 e. The Hall–Kier alpha value is -4.02. The van der Waals surface area contributed by atoms with Crippen molar-refractivity contribution < 1.29 is 19.4 Å². The molecule has 3 rings (SSSR count). The van der Waals surface area contributed by atoms with E-state index in [-0.39, 0.29) is 21.8 Å². The molecule has 0 radical (unpaired) electrons. The molecule has 0 atom stereocenters. The van der Waals surface area contributed by atoms with Crippen LogP contribution in [0.4, 0.5) is 22.7 Å². The van der Waals surface area contributed by atoms with E-state index in [1.165, 1.54) is 18.2 Å². The van der Waals surface area contributed by atoms with Crippen LogP contribution in [0.2, 0.25) is 10.0 Å². The summed E-state index contributed by atoms with van der Waals surface area (Å²) in [4.78, 5) is 45.5. The highest BCUT2D eigenvalue weighted by atomic mass is 35.5. The predicted octanol–water partition coefficient (Wildman–Crippen LogP) is 5.31. The summed E-state index contributed by atoms with van der Waals surface area (Å²) in [5, 5.41) is 27.6. The normalized spacial score (nSPS) is 10.3. The van der Waals surface area contributed by atoms with Crippen LogP contribution >= 0.6 is 23.2 Å². The number of nitrogens with zero attached hydrogens (tertiary/aromatic N) is 2. The highest BCUT2D eigenvalue weighted by molar-refractivity contribution is 6.34.